The Morgan fingerprint density at radius 1 is 1.30 bits per heavy atom. The highest BCUT2D eigenvalue weighted by Gasteiger charge is 2.14. The van der Waals surface area contributed by atoms with Crippen LogP contribution < -0.4 is 5.73 Å². The van der Waals surface area contributed by atoms with Crippen molar-refractivity contribution in [2.75, 3.05) is 5.73 Å². The van der Waals surface area contributed by atoms with E-state index in [2.05, 4.69) is 49.1 Å². The van der Waals surface area contributed by atoms with Gasteiger partial charge < -0.3 is 5.73 Å². The number of rotatable bonds is 6. The van der Waals surface area contributed by atoms with E-state index in [9.17, 15) is 0 Å². The molecule has 2 aromatic rings. The number of anilines is 1. The summed E-state index contributed by atoms with van der Waals surface area (Å²) in [4.78, 5) is 0. The zero-order chi connectivity index (χ0) is 14.7. The van der Waals surface area contributed by atoms with Gasteiger partial charge in [0.1, 0.15) is 0 Å². The van der Waals surface area contributed by atoms with Crippen LogP contribution in [0.5, 0.6) is 0 Å². The van der Waals surface area contributed by atoms with Crippen LogP contribution in [0.3, 0.4) is 0 Å². The molecule has 2 N–H and O–H groups in total. The molecule has 7 heteroatoms. The molecule has 0 aromatic carbocycles. The molecule has 6 nitrogen and oxygen atoms in total. The number of hydrogen-bond donors (Lipinski definition) is 1. The van der Waals surface area contributed by atoms with Crippen LogP contribution in [0, 0.1) is 0 Å². The Kier molecular flexibility index (Phi) is 4.69. The summed E-state index contributed by atoms with van der Waals surface area (Å²) in [5, 5.41) is 13.5. The second-order valence-corrected chi connectivity index (χ2v) is 5.83. The summed E-state index contributed by atoms with van der Waals surface area (Å²) in [5.74, 6) is 1.30. The number of nitrogen functional groups attached to an aromatic ring is 1. The Labute approximate surface area is 123 Å². The van der Waals surface area contributed by atoms with Gasteiger partial charge in [-0.05, 0) is 33.3 Å². The van der Waals surface area contributed by atoms with Gasteiger partial charge in [-0.1, -0.05) is 18.7 Å². The van der Waals surface area contributed by atoms with Crippen molar-refractivity contribution >= 4 is 17.7 Å². The first-order chi connectivity index (χ1) is 9.56. The average molecular weight is 294 g/mol. The van der Waals surface area contributed by atoms with Crippen LogP contribution in [0.15, 0.2) is 11.2 Å². The van der Waals surface area contributed by atoms with Crippen LogP contribution in [0.25, 0.3) is 0 Å². The first kappa shape index (κ1) is 14.9. The smallest absolute Gasteiger partial charge is 0.222 e. The van der Waals surface area contributed by atoms with Crippen LogP contribution >= 0.6 is 11.8 Å². The predicted octanol–water partition coefficient (Wildman–Crippen LogP) is 2.51. The van der Waals surface area contributed by atoms with E-state index in [1.807, 2.05) is 9.25 Å². The number of thioether (sulfide) groups is 1. The van der Waals surface area contributed by atoms with Crippen LogP contribution in [0.4, 0.5) is 5.95 Å². The molecule has 0 aliphatic carbocycles. The van der Waals surface area contributed by atoms with Crippen LogP contribution in [0.1, 0.15) is 45.1 Å². The van der Waals surface area contributed by atoms with Gasteiger partial charge >= 0.3 is 0 Å². The lowest BCUT2D eigenvalue weighted by Crippen LogP contribution is -2.07. The van der Waals surface area contributed by atoms with Crippen molar-refractivity contribution in [2.24, 2.45) is 0 Å². The molecule has 0 aliphatic heterocycles. The van der Waals surface area contributed by atoms with E-state index in [4.69, 9.17) is 5.73 Å². The molecule has 0 radical (unpaired) electrons. The quantitative estimate of drug-likeness (QED) is 0.829. The molecule has 110 valence electrons. The van der Waals surface area contributed by atoms with E-state index >= 15 is 0 Å². The molecule has 0 unspecified atom stereocenters. The van der Waals surface area contributed by atoms with Crippen molar-refractivity contribution in [3.63, 3.8) is 0 Å². The topological polar surface area (TPSA) is 74.5 Å². The minimum atomic E-state index is 0.259. The molecule has 0 atom stereocenters. The van der Waals surface area contributed by atoms with Crippen molar-refractivity contribution in [2.45, 2.75) is 57.6 Å². The first-order valence-electron chi connectivity index (χ1n) is 6.95. The second kappa shape index (κ2) is 6.30. The van der Waals surface area contributed by atoms with E-state index in [1.165, 1.54) is 5.69 Å². The van der Waals surface area contributed by atoms with E-state index in [0.717, 1.165) is 29.6 Å². The van der Waals surface area contributed by atoms with Crippen LogP contribution in [-0.4, -0.2) is 24.5 Å². The fourth-order valence-corrected chi connectivity index (χ4v) is 3.14. The van der Waals surface area contributed by atoms with Gasteiger partial charge in [0.25, 0.3) is 0 Å². The van der Waals surface area contributed by atoms with Gasteiger partial charge in [0.15, 0.2) is 5.16 Å². The summed E-state index contributed by atoms with van der Waals surface area (Å²) in [5.41, 5.74) is 8.20. The molecular formula is C13H22N6S. The van der Waals surface area contributed by atoms with E-state index < -0.39 is 0 Å². The zero-order valence-corrected chi connectivity index (χ0v) is 13.3. The van der Waals surface area contributed by atoms with Crippen molar-refractivity contribution in [3.05, 3.63) is 17.5 Å². The second-order valence-electron chi connectivity index (χ2n) is 4.89. The van der Waals surface area contributed by atoms with Crippen molar-refractivity contribution in [1.82, 2.24) is 24.5 Å². The summed E-state index contributed by atoms with van der Waals surface area (Å²) >= 11 is 1.65. The monoisotopic (exact) mass is 294 g/mol. The third-order valence-electron chi connectivity index (χ3n) is 3.13. The predicted molar refractivity (Wildman–Crippen MR) is 81.7 cm³/mol. The number of nitrogens with zero attached hydrogens (tertiary/aromatic N) is 5. The molecule has 0 fully saturated rings. The summed E-state index contributed by atoms with van der Waals surface area (Å²) < 4.78 is 4.00. The number of aryl methyl sites for hydroxylation is 2. The lowest BCUT2D eigenvalue weighted by Gasteiger charge is -2.11. The molecule has 0 amide bonds. The molecule has 20 heavy (non-hydrogen) atoms. The lowest BCUT2D eigenvalue weighted by atomic mass is 10.3. The Balaban J connectivity index is 2.14. The molecule has 2 heterocycles. The van der Waals surface area contributed by atoms with Gasteiger partial charge in [-0.15, -0.1) is 10.2 Å². The number of aromatic nitrogens is 5. The molecule has 0 bridgehead atoms. The Bertz CT molecular complexity index is 571. The number of nitrogens with two attached hydrogens (primary N) is 1. The van der Waals surface area contributed by atoms with Gasteiger partial charge in [0, 0.05) is 24.0 Å². The molecule has 2 rings (SSSR count). The van der Waals surface area contributed by atoms with Gasteiger partial charge in [0.05, 0.1) is 5.69 Å². The van der Waals surface area contributed by atoms with Crippen LogP contribution in [0.2, 0.25) is 0 Å². The Morgan fingerprint density at radius 2 is 2.05 bits per heavy atom. The summed E-state index contributed by atoms with van der Waals surface area (Å²) in [7, 11) is 0. The maximum Gasteiger partial charge on any atom is 0.222 e. The fourth-order valence-electron chi connectivity index (χ4n) is 2.09. The average Bonchev–Trinajstić information content (AvgIpc) is 2.99. The third kappa shape index (κ3) is 2.98. The van der Waals surface area contributed by atoms with E-state index in [-0.39, 0.29) is 6.04 Å². The Morgan fingerprint density at radius 3 is 2.65 bits per heavy atom. The van der Waals surface area contributed by atoms with Crippen LogP contribution in [-0.2, 0) is 18.7 Å². The molecule has 2 aromatic heterocycles. The molecule has 0 saturated heterocycles. The highest BCUT2D eigenvalue weighted by atomic mass is 32.2. The summed E-state index contributed by atoms with van der Waals surface area (Å²) in [6.45, 7) is 9.27. The normalized spacial score (nSPS) is 11.4. The van der Waals surface area contributed by atoms with E-state index in [0.29, 0.717) is 5.95 Å². The third-order valence-corrected chi connectivity index (χ3v) is 4.11. The fraction of sp³-hybridized carbons (Fsp3) is 0.615. The lowest BCUT2D eigenvalue weighted by molar-refractivity contribution is 0.556. The zero-order valence-electron chi connectivity index (χ0n) is 12.5. The van der Waals surface area contributed by atoms with Gasteiger partial charge in [0.2, 0.25) is 5.95 Å². The minimum absolute atomic E-state index is 0.259. The highest BCUT2D eigenvalue weighted by molar-refractivity contribution is 7.98. The molecular weight excluding hydrogens is 272 g/mol. The first-order valence-corrected chi connectivity index (χ1v) is 7.94. The van der Waals surface area contributed by atoms with Gasteiger partial charge in [-0.3, -0.25) is 9.25 Å². The Hall–Kier alpha value is -1.50. The standard InChI is InChI=1S/C13H22N6S/c1-5-10-7-11(18(6-2)17-10)8-20-13-16-15-12(14)19(13)9(3)4/h7,9H,5-6,8H2,1-4H3,(H2,14,15). The largest absolute Gasteiger partial charge is 0.368 e. The molecule has 0 saturated carbocycles. The van der Waals surface area contributed by atoms with Crippen molar-refractivity contribution < 1.29 is 0 Å². The maximum absolute atomic E-state index is 5.85. The van der Waals surface area contributed by atoms with E-state index in [1.54, 1.807) is 11.8 Å². The maximum atomic E-state index is 5.85. The summed E-state index contributed by atoms with van der Waals surface area (Å²) in [6, 6.07) is 2.42. The van der Waals surface area contributed by atoms with Crippen molar-refractivity contribution in [3.8, 4) is 0 Å². The van der Waals surface area contributed by atoms with Gasteiger partial charge in [-0.25, -0.2) is 0 Å². The number of hydrogen-bond acceptors (Lipinski definition) is 5. The molecule has 0 spiro atoms. The molecule has 0 aliphatic rings. The summed E-state index contributed by atoms with van der Waals surface area (Å²) in [6.07, 6.45) is 0.958. The minimum Gasteiger partial charge on any atom is -0.368 e. The van der Waals surface area contributed by atoms with Gasteiger partial charge in [-0.2, -0.15) is 5.10 Å². The SMILES string of the molecule is CCc1cc(CSc2nnc(N)n2C(C)C)n(CC)n1. The highest BCUT2D eigenvalue weighted by Crippen LogP contribution is 2.26. The van der Waals surface area contributed by atoms with Crippen molar-refractivity contribution in [1.29, 1.82) is 0 Å².